The van der Waals surface area contributed by atoms with Gasteiger partial charge in [-0.1, -0.05) is 6.07 Å². The van der Waals surface area contributed by atoms with E-state index >= 15 is 0 Å². The number of rotatable bonds is 10. The average molecular weight is 449 g/mol. The van der Waals surface area contributed by atoms with Crippen LogP contribution in [0, 0.1) is 0 Å². The lowest BCUT2D eigenvalue weighted by molar-refractivity contribution is -0.139. The van der Waals surface area contributed by atoms with E-state index in [0.29, 0.717) is 19.8 Å². The van der Waals surface area contributed by atoms with Crippen molar-refractivity contribution in [3.63, 3.8) is 0 Å². The molecule has 9 heteroatoms. The zero-order chi connectivity index (χ0) is 22.9. The summed E-state index contributed by atoms with van der Waals surface area (Å²) < 4.78 is 11.1. The number of unbranched alkanes of at least 4 members (excludes halogenated alkanes) is 1. The predicted octanol–water partition coefficient (Wildman–Crippen LogP) is 2.44. The van der Waals surface area contributed by atoms with Gasteiger partial charge < -0.3 is 30.1 Å². The zero-order valence-electron chi connectivity index (χ0n) is 19.1. The van der Waals surface area contributed by atoms with Crippen LogP contribution < -0.4 is 10.6 Å². The van der Waals surface area contributed by atoms with E-state index in [0.717, 1.165) is 50.2 Å². The van der Waals surface area contributed by atoms with Crippen molar-refractivity contribution in [2.45, 2.75) is 70.5 Å². The number of ether oxygens (including phenoxy) is 2. The van der Waals surface area contributed by atoms with Crippen molar-refractivity contribution in [3.05, 3.63) is 23.4 Å². The number of amides is 2. The molecule has 178 valence electrons. The highest BCUT2D eigenvalue weighted by molar-refractivity contribution is 5.83. The molecule has 1 aromatic heterocycles. The predicted molar refractivity (Wildman–Crippen MR) is 121 cm³/mol. The monoisotopic (exact) mass is 448 g/mol. The van der Waals surface area contributed by atoms with Crippen molar-refractivity contribution < 1.29 is 24.2 Å². The molecule has 0 aliphatic carbocycles. The first-order valence-corrected chi connectivity index (χ1v) is 11.7. The Bertz CT molecular complexity index is 765. The summed E-state index contributed by atoms with van der Waals surface area (Å²) in [4.78, 5) is 30.5. The number of fused-ring (bicyclic) bond motifs is 1. The van der Waals surface area contributed by atoms with Crippen LogP contribution in [0.15, 0.2) is 12.1 Å². The normalized spacial score (nSPS) is 21.4. The summed E-state index contributed by atoms with van der Waals surface area (Å²) in [5.74, 6) is -0.0322. The van der Waals surface area contributed by atoms with Crippen molar-refractivity contribution in [2.75, 3.05) is 38.3 Å². The molecule has 32 heavy (non-hydrogen) atoms. The molecule has 3 N–H and O–H groups in total. The lowest BCUT2D eigenvalue weighted by Crippen LogP contribution is -2.58. The first-order chi connectivity index (χ1) is 15.5. The van der Waals surface area contributed by atoms with Crippen LogP contribution in [0.4, 0.5) is 10.6 Å². The van der Waals surface area contributed by atoms with Gasteiger partial charge in [0.25, 0.3) is 0 Å². The van der Waals surface area contributed by atoms with E-state index in [4.69, 9.17) is 14.5 Å². The summed E-state index contributed by atoms with van der Waals surface area (Å²) in [5, 5.41) is 15.5. The van der Waals surface area contributed by atoms with Crippen molar-refractivity contribution in [2.24, 2.45) is 0 Å². The highest BCUT2D eigenvalue weighted by Crippen LogP contribution is 2.20. The topological polar surface area (TPSA) is 113 Å². The Hall–Kier alpha value is -2.39. The van der Waals surface area contributed by atoms with E-state index in [9.17, 15) is 14.7 Å². The van der Waals surface area contributed by atoms with Crippen LogP contribution in [-0.4, -0.2) is 78.1 Å². The summed E-state index contributed by atoms with van der Waals surface area (Å²) >= 11 is 0. The van der Waals surface area contributed by atoms with Crippen molar-refractivity contribution in [3.8, 4) is 0 Å². The molecule has 0 spiro atoms. The van der Waals surface area contributed by atoms with Gasteiger partial charge in [0.1, 0.15) is 11.9 Å². The number of carbonyl (C=O) groups is 2. The molecular weight excluding hydrogens is 412 g/mol. The van der Waals surface area contributed by atoms with Crippen LogP contribution in [0.1, 0.15) is 50.8 Å². The van der Waals surface area contributed by atoms with Gasteiger partial charge in [0.15, 0.2) is 0 Å². The van der Waals surface area contributed by atoms with Gasteiger partial charge in [0.05, 0.1) is 25.3 Å². The Morgan fingerprint density at radius 1 is 1.28 bits per heavy atom. The van der Waals surface area contributed by atoms with E-state index in [1.54, 1.807) is 4.90 Å². The maximum atomic E-state index is 12.6. The van der Waals surface area contributed by atoms with Gasteiger partial charge in [-0.05, 0) is 57.6 Å². The number of aliphatic carboxylic acids is 1. The van der Waals surface area contributed by atoms with Gasteiger partial charge in [-0.25, -0.2) is 14.6 Å². The van der Waals surface area contributed by atoms with Crippen LogP contribution in [0.5, 0.6) is 0 Å². The first kappa shape index (κ1) is 24.3. The lowest BCUT2D eigenvalue weighted by Gasteiger charge is -2.39. The Morgan fingerprint density at radius 3 is 2.81 bits per heavy atom. The molecule has 1 fully saturated rings. The van der Waals surface area contributed by atoms with E-state index < -0.39 is 12.0 Å². The van der Waals surface area contributed by atoms with Crippen molar-refractivity contribution in [1.29, 1.82) is 0 Å². The van der Waals surface area contributed by atoms with Crippen LogP contribution >= 0.6 is 0 Å². The number of carboxylic acids is 1. The highest BCUT2D eigenvalue weighted by atomic mass is 16.5. The smallest absolute Gasteiger partial charge is 0.326 e. The quantitative estimate of drug-likeness (QED) is 0.471. The first-order valence-electron chi connectivity index (χ1n) is 11.7. The summed E-state index contributed by atoms with van der Waals surface area (Å²) in [7, 11) is 0. The van der Waals surface area contributed by atoms with Crippen LogP contribution in [0.2, 0.25) is 0 Å². The number of hydrogen-bond acceptors (Lipinski definition) is 6. The molecule has 0 radical (unpaired) electrons. The number of carbonyl (C=O) groups excluding carboxylic acids is 1. The third-order valence-corrected chi connectivity index (χ3v) is 5.97. The molecule has 0 bridgehead atoms. The largest absolute Gasteiger partial charge is 0.480 e. The number of pyridine rings is 1. The summed E-state index contributed by atoms with van der Waals surface area (Å²) in [6.45, 7) is 6.52. The second-order valence-electron chi connectivity index (χ2n) is 8.68. The van der Waals surface area contributed by atoms with Gasteiger partial charge in [0, 0.05) is 31.9 Å². The van der Waals surface area contributed by atoms with Crippen molar-refractivity contribution >= 4 is 17.8 Å². The molecular formula is C23H36N4O5. The minimum Gasteiger partial charge on any atom is -0.480 e. The van der Waals surface area contributed by atoms with E-state index in [1.165, 1.54) is 5.56 Å². The number of aromatic nitrogens is 1. The Labute approximate surface area is 189 Å². The van der Waals surface area contributed by atoms with Gasteiger partial charge in [-0.15, -0.1) is 0 Å². The molecule has 3 atom stereocenters. The number of urea groups is 1. The Morgan fingerprint density at radius 2 is 2.06 bits per heavy atom. The van der Waals surface area contributed by atoms with Gasteiger partial charge in [0.2, 0.25) is 0 Å². The fraction of sp³-hybridized carbons (Fsp3) is 0.696. The fourth-order valence-electron chi connectivity index (χ4n) is 4.21. The zero-order valence-corrected chi connectivity index (χ0v) is 19.1. The molecule has 0 aromatic carbocycles. The molecule has 3 heterocycles. The Kier molecular flexibility index (Phi) is 9.11. The average Bonchev–Trinajstić information content (AvgIpc) is 2.77. The number of aryl methyl sites for hydroxylation is 2. The summed E-state index contributed by atoms with van der Waals surface area (Å²) in [6.07, 6.45) is 5.19. The third kappa shape index (κ3) is 6.80. The maximum Gasteiger partial charge on any atom is 0.326 e. The molecule has 1 saturated heterocycles. The number of nitrogens with one attached hydrogen (secondary N) is 2. The van der Waals surface area contributed by atoms with E-state index in [2.05, 4.69) is 22.8 Å². The minimum absolute atomic E-state index is 0.0927. The van der Waals surface area contributed by atoms with Gasteiger partial charge in [-0.2, -0.15) is 0 Å². The number of morpholine rings is 1. The third-order valence-electron chi connectivity index (χ3n) is 5.97. The molecule has 0 unspecified atom stereocenters. The molecule has 2 amide bonds. The van der Waals surface area contributed by atoms with E-state index in [-0.39, 0.29) is 31.1 Å². The van der Waals surface area contributed by atoms with Crippen molar-refractivity contribution in [1.82, 2.24) is 15.2 Å². The number of carboxylic acid groups (broad SMARTS) is 1. The molecule has 0 saturated carbocycles. The van der Waals surface area contributed by atoms with E-state index in [1.807, 2.05) is 13.8 Å². The van der Waals surface area contributed by atoms with Gasteiger partial charge >= 0.3 is 12.0 Å². The molecule has 9 nitrogen and oxygen atoms in total. The molecule has 1 aromatic rings. The van der Waals surface area contributed by atoms with Crippen LogP contribution in [0.25, 0.3) is 0 Å². The highest BCUT2D eigenvalue weighted by Gasteiger charge is 2.32. The SMILES string of the molecule is C[C@@H]1COC[C@H](C)N1C(=O)N[C@@H](CCOCCCCc1ccc2c(n1)NCCC2)C(=O)O. The Balaban J connectivity index is 1.32. The van der Waals surface area contributed by atoms with Crippen LogP contribution in [0.3, 0.4) is 0 Å². The second-order valence-corrected chi connectivity index (χ2v) is 8.68. The second kappa shape index (κ2) is 12.0. The minimum atomic E-state index is -1.05. The molecule has 2 aliphatic rings. The lowest BCUT2D eigenvalue weighted by atomic mass is 10.1. The number of nitrogens with zero attached hydrogens (tertiary/aromatic N) is 2. The standard InChI is InChI=1S/C23H36N4O5/c1-16-14-32-15-17(2)27(16)23(30)26-20(22(28)29)10-13-31-12-4-3-7-19-9-8-18-6-5-11-24-21(18)25-19/h8-9,16-17,20H,3-7,10-15H2,1-2H3,(H,24,25)(H,26,30)(H,28,29)/t16-,17+,20-/m0/s1. The number of anilines is 1. The molecule has 2 aliphatic heterocycles. The number of hydrogen-bond donors (Lipinski definition) is 3. The molecule has 3 rings (SSSR count). The van der Waals surface area contributed by atoms with Gasteiger partial charge in [-0.3, -0.25) is 0 Å². The summed E-state index contributed by atoms with van der Waals surface area (Å²) in [6, 6.07) is 2.74. The summed E-state index contributed by atoms with van der Waals surface area (Å²) in [5.41, 5.74) is 2.37. The fourth-order valence-corrected chi connectivity index (χ4v) is 4.21. The maximum absolute atomic E-state index is 12.6. The van der Waals surface area contributed by atoms with Crippen LogP contribution in [-0.2, 0) is 27.1 Å².